The van der Waals surface area contributed by atoms with E-state index in [4.69, 9.17) is 0 Å². The second-order valence-electron chi connectivity index (χ2n) is 4.89. The summed E-state index contributed by atoms with van der Waals surface area (Å²) in [4.78, 5) is 27.5. The largest absolute Gasteiger partial charge is 0.345 e. The van der Waals surface area contributed by atoms with Gasteiger partial charge in [-0.05, 0) is 18.1 Å². The Labute approximate surface area is 116 Å². The lowest BCUT2D eigenvalue weighted by Crippen LogP contribution is -2.01. The number of fused-ring (bicyclic) bond motifs is 1. The number of aldehydes is 1. The monoisotopic (exact) mass is 266 g/mol. The fourth-order valence-corrected chi connectivity index (χ4v) is 2.21. The normalized spacial score (nSPS) is 11.2. The molecule has 0 aliphatic carbocycles. The second kappa shape index (κ2) is 4.85. The molecule has 0 spiro atoms. The first-order valence-corrected chi connectivity index (χ1v) is 6.46. The van der Waals surface area contributed by atoms with Crippen molar-refractivity contribution in [1.29, 1.82) is 0 Å². The van der Waals surface area contributed by atoms with E-state index in [1.807, 2.05) is 32.0 Å². The highest BCUT2D eigenvalue weighted by Gasteiger charge is 2.16. The van der Waals surface area contributed by atoms with Gasteiger partial charge in [0.15, 0.2) is 12.1 Å². The number of aromatic amines is 1. The molecule has 0 radical (unpaired) electrons. The maximum atomic E-state index is 11.1. The average Bonchev–Trinajstić information content (AvgIpc) is 2.90. The molecule has 0 saturated heterocycles. The molecule has 3 aromatic rings. The predicted octanol–water partition coefficient (Wildman–Crippen LogP) is 2.96. The Bertz CT molecular complexity index is 762. The van der Waals surface area contributed by atoms with Crippen LogP contribution in [-0.2, 0) is 0 Å². The number of carbonyl (C=O) groups is 1. The van der Waals surface area contributed by atoms with Crippen LogP contribution in [0.3, 0.4) is 0 Å². The zero-order chi connectivity index (χ0) is 14.1. The Morgan fingerprint density at radius 2 is 2.10 bits per heavy atom. The average molecular weight is 266 g/mol. The van der Waals surface area contributed by atoms with Gasteiger partial charge in [-0.1, -0.05) is 19.9 Å². The maximum absolute atomic E-state index is 11.1. The molecule has 0 fully saturated rings. The highest BCUT2D eigenvalue weighted by atomic mass is 16.1. The molecule has 0 aromatic carbocycles. The van der Waals surface area contributed by atoms with Crippen LogP contribution in [0.5, 0.6) is 0 Å². The Balaban J connectivity index is 2.30. The minimum absolute atomic E-state index is 0.192. The van der Waals surface area contributed by atoms with Gasteiger partial charge in [-0.2, -0.15) is 0 Å². The van der Waals surface area contributed by atoms with Crippen molar-refractivity contribution in [2.75, 3.05) is 0 Å². The molecule has 20 heavy (non-hydrogen) atoms. The van der Waals surface area contributed by atoms with Gasteiger partial charge >= 0.3 is 0 Å². The van der Waals surface area contributed by atoms with Crippen molar-refractivity contribution in [2.45, 2.75) is 19.8 Å². The van der Waals surface area contributed by atoms with E-state index in [0.717, 1.165) is 23.1 Å². The maximum Gasteiger partial charge on any atom is 0.180 e. The van der Waals surface area contributed by atoms with Crippen LogP contribution in [0, 0.1) is 0 Å². The first-order chi connectivity index (χ1) is 9.70. The van der Waals surface area contributed by atoms with Gasteiger partial charge in [0.05, 0.1) is 11.1 Å². The van der Waals surface area contributed by atoms with E-state index >= 15 is 0 Å². The molecule has 0 amide bonds. The summed E-state index contributed by atoms with van der Waals surface area (Å²) in [7, 11) is 0. The number of carbonyl (C=O) groups excluding carboxylic acids is 1. The van der Waals surface area contributed by atoms with Gasteiger partial charge in [-0.3, -0.25) is 9.78 Å². The minimum atomic E-state index is 0.192. The Kier molecular flexibility index (Phi) is 3.02. The number of hydrogen-bond acceptors (Lipinski definition) is 4. The number of aromatic nitrogens is 4. The van der Waals surface area contributed by atoms with E-state index in [9.17, 15) is 4.79 Å². The van der Waals surface area contributed by atoms with Gasteiger partial charge < -0.3 is 4.98 Å². The van der Waals surface area contributed by atoms with Crippen LogP contribution in [-0.4, -0.2) is 26.2 Å². The standard InChI is InChI=1S/C15H14N4O/c1-9(2)13-12-10(8-20)7-17-15(12)19-14(18-13)11-5-3-4-6-16-11/h3-9H,1-2H3,(H,17,18,19). The number of hydrogen-bond donors (Lipinski definition) is 1. The molecule has 5 nitrogen and oxygen atoms in total. The molecule has 0 atom stereocenters. The van der Waals surface area contributed by atoms with E-state index in [1.54, 1.807) is 12.4 Å². The van der Waals surface area contributed by atoms with Gasteiger partial charge in [0.1, 0.15) is 11.3 Å². The summed E-state index contributed by atoms with van der Waals surface area (Å²) >= 11 is 0. The van der Waals surface area contributed by atoms with Crippen LogP contribution in [0.2, 0.25) is 0 Å². The molecule has 0 saturated carbocycles. The van der Waals surface area contributed by atoms with Gasteiger partial charge in [0.2, 0.25) is 0 Å². The van der Waals surface area contributed by atoms with Crippen LogP contribution in [0.4, 0.5) is 0 Å². The SMILES string of the molecule is CC(C)c1nc(-c2ccccn2)nc2[nH]cc(C=O)c12. The lowest BCUT2D eigenvalue weighted by Gasteiger charge is -2.09. The quantitative estimate of drug-likeness (QED) is 0.740. The lowest BCUT2D eigenvalue weighted by molar-refractivity contribution is 0.112. The number of nitrogens with one attached hydrogen (secondary N) is 1. The van der Waals surface area contributed by atoms with E-state index < -0.39 is 0 Å². The number of pyridine rings is 1. The predicted molar refractivity (Wildman–Crippen MR) is 76.6 cm³/mol. The molecular formula is C15H14N4O. The molecule has 3 rings (SSSR count). The molecule has 0 aliphatic heterocycles. The van der Waals surface area contributed by atoms with Gasteiger partial charge in [-0.25, -0.2) is 9.97 Å². The summed E-state index contributed by atoms with van der Waals surface area (Å²) in [6.07, 6.45) is 4.21. The Hall–Kier alpha value is -2.56. The van der Waals surface area contributed by atoms with Crippen LogP contribution in [0.1, 0.15) is 35.8 Å². The molecule has 0 unspecified atom stereocenters. The third-order valence-corrected chi connectivity index (χ3v) is 3.16. The zero-order valence-electron chi connectivity index (χ0n) is 11.3. The Morgan fingerprint density at radius 3 is 2.75 bits per heavy atom. The van der Waals surface area contributed by atoms with E-state index in [0.29, 0.717) is 17.0 Å². The van der Waals surface area contributed by atoms with Gasteiger partial charge in [0.25, 0.3) is 0 Å². The third-order valence-electron chi connectivity index (χ3n) is 3.16. The number of nitrogens with zero attached hydrogens (tertiary/aromatic N) is 3. The molecule has 3 aromatic heterocycles. The summed E-state index contributed by atoms with van der Waals surface area (Å²) < 4.78 is 0. The lowest BCUT2D eigenvalue weighted by atomic mass is 10.0. The molecule has 0 aliphatic rings. The summed E-state index contributed by atoms with van der Waals surface area (Å²) in [6.45, 7) is 4.09. The van der Waals surface area contributed by atoms with Crippen LogP contribution in [0.25, 0.3) is 22.6 Å². The zero-order valence-corrected chi connectivity index (χ0v) is 11.3. The Morgan fingerprint density at radius 1 is 1.25 bits per heavy atom. The van der Waals surface area contributed by atoms with Crippen LogP contribution >= 0.6 is 0 Å². The van der Waals surface area contributed by atoms with Crippen molar-refractivity contribution in [3.05, 3.63) is 41.9 Å². The van der Waals surface area contributed by atoms with Crippen molar-refractivity contribution in [3.63, 3.8) is 0 Å². The summed E-state index contributed by atoms with van der Waals surface area (Å²) in [5.41, 5.74) is 2.85. The first-order valence-electron chi connectivity index (χ1n) is 6.46. The fourth-order valence-electron chi connectivity index (χ4n) is 2.21. The van der Waals surface area contributed by atoms with Crippen LogP contribution in [0.15, 0.2) is 30.6 Å². The molecular weight excluding hydrogens is 252 g/mol. The minimum Gasteiger partial charge on any atom is -0.345 e. The van der Waals surface area contributed by atoms with E-state index in [1.165, 1.54) is 0 Å². The third kappa shape index (κ3) is 1.97. The molecule has 1 N–H and O–H groups in total. The summed E-state index contributed by atoms with van der Waals surface area (Å²) in [5, 5.41) is 0.801. The van der Waals surface area contributed by atoms with Gasteiger partial charge in [-0.15, -0.1) is 0 Å². The van der Waals surface area contributed by atoms with E-state index in [-0.39, 0.29) is 5.92 Å². The summed E-state index contributed by atoms with van der Waals surface area (Å²) in [5.74, 6) is 0.763. The summed E-state index contributed by atoms with van der Waals surface area (Å²) in [6, 6.07) is 5.62. The van der Waals surface area contributed by atoms with Gasteiger partial charge in [0, 0.05) is 18.0 Å². The van der Waals surface area contributed by atoms with Crippen molar-refractivity contribution < 1.29 is 4.79 Å². The van der Waals surface area contributed by atoms with Crippen LogP contribution < -0.4 is 0 Å². The molecule has 5 heteroatoms. The smallest absolute Gasteiger partial charge is 0.180 e. The molecule has 0 bridgehead atoms. The van der Waals surface area contributed by atoms with Crippen molar-refractivity contribution in [2.24, 2.45) is 0 Å². The highest BCUT2D eigenvalue weighted by Crippen LogP contribution is 2.27. The van der Waals surface area contributed by atoms with E-state index in [2.05, 4.69) is 19.9 Å². The molecule has 100 valence electrons. The highest BCUT2D eigenvalue weighted by molar-refractivity contribution is 5.97. The second-order valence-corrected chi connectivity index (χ2v) is 4.89. The molecule has 3 heterocycles. The van der Waals surface area contributed by atoms with Crippen molar-refractivity contribution in [3.8, 4) is 11.5 Å². The van der Waals surface area contributed by atoms with Crippen molar-refractivity contribution >= 4 is 17.3 Å². The first kappa shape index (κ1) is 12.5. The van der Waals surface area contributed by atoms with Crippen molar-refractivity contribution in [1.82, 2.24) is 19.9 Å². The number of H-pyrrole nitrogens is 1. The topological polar surface area (TPSA) is 71.5 Å². The fraction of sp³-hybridized carbons (Fsp3) is 0.200. The number of rotatable bonds is 3.